The Morgan fingerprint density at radius 1 is 1.08 bits per heavy atom. The van der Waals surface area contributed by atoms with Crippen molar-refractivity contribution in [2.75, 3.05) is 13.1 Å². The van der Waals surface area contributed by atoms with Gasteiger partial charge in [-0.25, -0.2) is 4.79 Å². The Balaban J connectivity index is 1.79. The van der Waals surface area contributed by atoms with Crippen LogP contribution < -0.4 is 17.0 Å². The molecular weight excluding hydrogens is 320 g/mol. The molecule has 7 heteroatoms. The number of carbonyl (C=O) groups is 1. The van der Waals surface area contributed by atoms with E-state index in [2.05, 4.69) is 0 Å². The van der Waals surface area contributed by atoms with Crippen LogP contribution >= 0.6 is 0 Å². The van der Waals surface area contributed by atoms with Crippen LogP contribution in [-0.2, 0) is 17.9 Å². The van der Waals surface area contributed by atoms with Gasteiger partial charge in [0.15, 0.2) is 0 Å². The zero-order chi connectivity index (χ0) is 17.8. The Bertz CT molecular complexity index is 849. The van der Waals surface area contributed by atoms with Crippen LogP contribution in [0.1, 0.15) is 18.4 Å². The molecule has 1 aromatic carbocycles. The van der Waals surface area contributed by atoms with Crippen LogP contribution in [0.15, 0.2) is 52.2 Å². The Labute approximate surface area is 145 Å². The molecule has 1 aliphatic heterocycles. The van der Waals surface area contributed by atoms with E-state index in [1.165, 1.54) is 16.8 Å². The summed E-state index contributed by atoms with van der Waals surface area (Å²) in [6.07, 6.45) is 2.96. The predicted molar refractivity (Wildman–Crippen MR) is 94.3 cm³/mol. The Morgan fingerprint density at radius 3 is 2.44 bits per heavy atom. The average Bonchev–Trinajstić information content (AvgIpc) is 2.62. The van der Waals surface area contributed by atoms with E-state index in [1.54, 1.807) is 4.90 Å². The van der Waals surface area contributed by atoms with E-state index >= 15 is 0 Å². The fourth-order valence-electron chi connectivity index (χ4n) is 2.99. The fourth-order valence-corrected chi connectivity index (χ4v) is 2.99. The lowest BCUT2D eigenvalue weighted by atomic mass is 10.1. The van der Waals surface area contributed by atoms with Crippen molar-refractivity contribution >= 4 is 5.91 Å². The quantitative estimate of drug-likeness (QED) is 0.847. The van der Waals surface area contributed by atoms with Crippen molar-refractivity contribution in [1.29, 1.82) is 0 Å². The number of nitrogens with two attached hydrogens (primary N) is 1. The van der Waals surface area contributed by atoms with Gasteiger partial charge in [0.2, 0.25) is 5.91 Å². The number of carbonyl (C=O) groups excluding carboxylic acids is 1. The van der Waals surface area contributed by atoms with Crippen LogP contribution in [0.4, 0.5) is 0 Å². The fraction of sp³-hybridized carbons (Fsp3) is 0.389. The van der Waals surface area contributed by atoms with Crippen LogP contribution in [0, 0.1) is 0 Å². The third-order valence-corrected chi connectivity index (χ3v) is 4.52. The highest BCUT2D eigenvalue weighted by molar-refractivity contribution is 5.76. The molecule has 2 heterocycles. The summed E-state index contributed by atoms with van der Waals surface area (Å²) in [4.78, 5) is 38.8. The van der Waals surface area contributed by atoms with Crippen molar-refractivity contribution in [3.8, 4) is 0 Å². The van der Waals surface area contributed by atoms with Crippen molar-refractivity contribution in [3.05, 3.63) is 69.0 Å². The first-order valence-electron chi connectivity index (χ1n) is 8.42. The summed E-state index contributed by atoms with van der Waals surface area (Å²) in [7, 11) is 0. The summed E-state index contributed by atoms with van der Waals surface area (Å²) < 4.78 is 2.44. The third kappa shape index (κ3) is 4.06. The zero-order valence-corrected chi connectivity index (χ0v) is 14.0. The van der Waals surface area contributed by atoms with E-state index in [1.807, 2.05) is 30.3 Å². The van der Waals surface area contributed by atoms with E-state index in [-0.39, 0.29) is 18.5 Å². The monoisotopic (exact) mass is 342 g/mol. The van der Waals surface area contributed by atoms with Crippen molar-refractivity contribution < 1.29 is 4.79 Å². The van der Waals surface area contributed by atoms with Gasteiger partial charge in [0.1, 0.15) is 6.54 Å². The molecule has 2 N–H and O–H groups in total. The molecule has 1 saturated heterocycles. The maximum Gasteiger partial charge on any atom is 0.331 e. The molecule has 0 atom stereocenters. The lowest BCUT2D eigenvalue weighted by molar-refractivity contribution is -0.133. The van der Waals surface area contributed by atoms with Crippen LogP contribution in [0.2, 0.25) is 0 Å². The minimum absolute atomic E-state index is 0.117. The number of hydrogen-bond donors (Lipinski definition) is 1. The smallest absolute Gasteiger partial charge is 0.331 e. The second-order valence-corrected chi connectivity index (χ2v) is 6.35. The molecule has 25 heavy (non-hydrogen) atoms. The number of nitrogens with zero attached hydrogens (tertiary/aromatic N) is 3. The summed E-state index contributed by atoms with van der Waals surface area (Å²) in [5.41, 5.74) is 5.86. The maximum absolute atomic E-state index is 12.6. The van der Waals surface area contributed by atoms with E-state index in [0.29, 0.717) is 19.6 Å². The minimum atomic E-state index is -0.474. The van der Waals surface area contributed by atoms with E-state index < -0.39 is 11.2 Å². The summed E-state index contributed by atoms with van der Waals surface area (Å²) in [5.74, 6) is -0.219. The topological polar surface area (TPSA) is 90.3 Å². The van der Waals surface area contributed by atoms with Crippen molar-refractivity contribution in [2.24, 2.45) is 5.73 Å². The molecular formula is C18H22N4O3. The van der Waals surface area contributed by atoms with Gasteiger partial charge in [0, 0.05) is 31.4 Å². The molecule has 1 amide bonds. The predicted octanol–water partition coefficient (Wildman–Crippen LogP) is 0.00800. The number of aromatic nitrogens is 2. The van der Waals surface area contributed by atoms with Gasteiger partial charge in [-0.15, -0.1) is 0 Å². The molecule has 2 aromatic rings. The Hall–Kier alpha value is -2.67. The molecule has 0 saturated carbocycles. The molecule has 132 valence electrons. The second-order valence-electron chi connectivity index (χ2n) is 6.35. The largest absolute Gasteiger partial charge is 0.341 e. The average molecular weight is 342 g/mol. The first-order chi connectivity index (χ1) is 12.0. The van der Waals surface area contributed by atoms with Crippen molar-refractivity contribution in [3.63, 3.8) is 0 Å². The third-order valence-electron chi connectivity index (χ3n) is 4.52. The van der Waals surface area contributed by atoms with Crippen molar-refractivity contribution in [1.82, 2.24) is 14.0 Å². The standard InChI is InChI=1S/C18H22N4O3/c19-15-6-9-20(10-7-15)17(24)13-22-16(23)8-11-21(18(22)25)12-14-4-2-1-3-5-14/h1-5,8,11,15H,6-7,9-10,12-13,19H2. The van der Waals surface area contributed by atoms with Gasteiger partial charge < -0.3 is 10.6 Å². The molecule has 0 bridgehead atoms. The van der Waals surface area contributed by atoms with Crippen LogP contribution in [0.25, 0.3) is 0 Å². The summed E-state index contributed by atoms with van der Waals surface area (Å²) >= 11 is 0. The molecule has 3 rings (SSSR count). The van der Waals surface area contributed by atoms with Crippen molar-refractivity contribution in [2.45, 2.75) is 32.0 Å². The first kappa shape index (κ1) is 17.2. The number of piperidine rings is 1. The maximum atomic E-state index is 12.6. The Kier molecular flexibility index (Phi) is 5.14. The molecule has 1 aliphatic rings. The molecule has 1 fully saturated rings. The van der Waals surface area contributed by atoms with Gasteiger partial charge in [0.05, 0.1) is 6.54 Å². The highest BCUT2D eigenvalue weighted by Crippen LogP contribution is 2.08. The van der Waals surface area contributed by atoms with Crippen LogP contribution in [0.3, 0.4) is 0 Å². The highest BCUT2D eigenvalue weighted by Gasteiger charge is 2.21. The number of likely N-dealkylation sites (tertiary alicyclic amines) is 1. The van der Waals surface area contributed by atoms with Gasteiger partial charge >= 0.3 is 5.69 Å². The van der Waals surface area contributed by atoms with E-state index in [0.717, 1.165) is 23.0 Å². The molecule has 7 nitrogen and oxygen atoms in total. The van der Waals surface area contributed by atoms with Crippen LogP contribution in [-0.4, -0.2) is 39.1 Å². The molecule has 0 aliphatic carbocycles. The lowest BCUT2D eigenvalue weighted by Gasteiger charge is -2.30. The van der Waals surface area contributed by atoms with Gasteiger partial charge in [-0.05, 0) is 18.4 Å². The minimum Gasteiger partial charge on any atom is -0.341 e. The molecule has 0 spiro atoms. The lowest BCUT2D eigenvalue weighted by Crippen LogP contribution is -2.47. The van der Waals surface area contributed by atoms with Gasteiger partial charge in [-0.2, -0.15) is 0 Å². The zero-order valence-electron chi connectivity index (χ0n) is 14.0. The number of rotatable bonds is 4. The van der Waals surface area contributed by atoms with Crippen LogP contribution in [0.5, 0.6) is 0 Å². The van der Waals surface area contributed by atoms with E-state index in [9.17, 15) is 14.4 Å². The summed E-state index contributed by atoms with van der Waals surface area (Å²) in [5, 5.41) is 0. The molecule has 1 aromatic heterocycles. The molecule has 0 radical (unpaired) electrons. The SMILES string of the molecule is NC1CCN(C(=O)Cn2c(=O)ccn(Cc3ccccc3)c2=O)CC1. The number of hydrogen-bond acceptors (Lipinski definition) is 4. The first-order valence-corrected chi connectivity index (χ1v) is 8.42. The van der Waals surface area contributed by atoms with Gasteiger partial charge in [-0.3, -0.25) is 18.7 Å². The molecule has 0 unspecified atom stereocenters. The summed E-state index contributed by atoms with van der Waals surface area (Å²) in [6, 6.07) is 10.9. The van der Waals surface area contributed by atoms with Gasteiger partial charge in [0.25, 0.3) is 5.56 Å². The highest BCUT2D eigenvalue weighted by atomic mass is 16.2. The summed E-state index contributed by atoms with van der Waals surface area (Å²) in [6.45, 7) is 1.26. The van der Waals surface area contributed by atoms with E-state index in [4.69, 9.17) is 5.73 Å². The van der Waals surface area contributed by atoms with Gasteiger partial charge in [-0.1, -0.05) is 30.3 Å². The number of amides is 1. The number of benzene rings is 1. The normalized spacial score (nSPS) is 15.3. The second kappa shape index (κ2) is 7.48. The Morgan fingerprint density at radius 2 is 1.76 bits per heavy atom.